The molecule has 0 fully saturated rings. The Hall–Kier alpha value is -2.61. The predicted octanol–water partition coefficient (Wildman–Crippen LogP) is 4.79. The molecular weight excluding hydrogens is 304 g/mol. The normalized spacial score (nSPS) is 16.2. The summed E-state index contributed by atoms with van der Waals surface area (Å²) < 4.78 is 2.14. The van der Waals surface area contributed by atoms with Gasteiger partial charge in [-0.25, -0.2) is 4.58 Å². The van der Waals surface area contributed by atoms with Gasteiger partial charge in [0, 0.05) is 31.4 Å². The number of aryl methyl sites for hydroxylation is 1. The van der Waals surface area contributed by atoms with Gasteiger partial charge in [-0.15, -0.1) is 0 Å². The lowest BCUT2D eigenvalue weighted by Crippen LogP contribution is -2.14. The van der Waals surface area contributed by atoms with Crippen LogP contribution in [0, 0.1) is 6.92 Å². The number of benzene rings is 1. The second-order valence-electron chi connectivity index (χ2n) is 6.79. The first-order chi connectivity index (χ1) is 11.9. The van der Waals surface area contributed by atoms with Crippen LogP contribution in [0.25, 0.3) is 6.08 Å². The molecule has 0 saturated heterocycles. The molecule has 2 heteroatoms. The third-order valence-corrected chi connectivity index (χ3v) is 4.20. The van der Waals surface area contributed by atoms with Gasteiger partial charge in [-0.1, -0.05) is 36.4 Å². The molecule has 0 saturated carbocycles. The smallest absolute Gasteiger partial charge is 0.202 e. The third-order valence-electron chi connectivity index (χ3n) is 4.20. The highest BCUT2D eigenvalue weighted by atomic mass is 15.1. The van der Waals surface area contributed by atoms with Crippen molar-refractivity contribution < 1.29 is 4.58 Å². The Morgan fingerprint density at radius 3 is 2.32 bits per heavy atom. The Labute approximate surface area is 152 Å². The van der Waals surface area contributed by atoms with Crippen LogP contribution in [0.4, 0.5) is 5.69 Å². The van der Waals surface area contributed by atoms with E-state index < -0.39 is 0 Å². The molecule has 1 aromatic rings. The Bertz CT molecular complexity index is 808. The van der Waals surface area contributed by atoms with E-state index in [-0.39, 0.29) is 0 Å². The highest BCUT2D eigenvalue weighted by Gasteiger charge is 2.10. The van der Waals surface area contributed by atoms with Crippen molar-refractivity contribution in [1.82, 2.24) is 0 Å². The Morgan fingerprint density at radius 2 is 1.72 bits per heavy atom. The number of allylic oxidation sites excluding steroid dienone is 9. The largest absolute Gasteiger partial charge is 0.377 e. The number of nitrogens with zero attached hydrogens (tertiary/aromatic N) is 2. The predicted molar refractivity (Wildman–Crippen MR) is 112 cm³/mol. The van der Waals surface area contributed by atoms with Crippen molar-refractivity contribution in [3.63, 3.8) is 0 Å². The molecule has 0 atom stereocenters. The topological polar surface area (TPSA) is 6.25 Å². The molecule has 2 rings (SSSR count). The summed E-state index contributed by atoms with van der Waals surface area (Å²) in [5, 5.41) is 0. The fourth-order valence-corrected chi connectivity index (χ4v) is 2.97. The van der Waals surface area contributed by atoms with E-state index in [9.17, 15) is 0 Å². The van der Waals surface area contributed by atoms with Crippen LogP contribution in [0.3, 0.4) is 0 Å². The summed E-state index contributed by atoms with van der Waals surface area (Å²) in [7, 11) is 8.29. The van der Waals surface area contributed by atoms with Crippen molar-refractivity contribution in [2.24, 2.45) is 0 Å². The molecule has 0 aliphatic heterocycles. The first-order valence-electron chi connectivity index (χ1n) is 8.62. The second-order valence-corrected chi connectivity index (χ2v) is 6.79. The fourth-order valence-electron chi connectivity index (χ4n) is 2.97. The zero-order chi connectivity index (χ0) is 18.4. The van der Waals surface area contributed by atoms with Crippen LogP contribution in [0.5, 0.6) is 0 Å². The lowest BCUT2D eigenvalue weighted by atomic mass is 10.0. The van der Waals surface area contributed by atoms with Crippen molar-refractivity contribution in [2.45, 2.75) is 13.8 Å². The van der Waals surface area contributed by atoms with Gasteiger partial charge in [-0.05, 0) is 54.8 Å². The molecule has 0 aromatic heterocycles. The Balaban J connectivity index is 2.02. The van der Waals surface area contributed by atoms with E-state index in [2.05, 4.69) is 118 Å². The molecule has 130 valence electrons. The zero-order valence-electron chi connectivity index (χ0n) is 16.2. The molecule has 0 bridgehead atoms. The molecule has 1 aromatic carbocycles. The summed E-state index contributed by atoms with van der Waals surface area (Å²) in [6.07, 6.45) is 17.0. The maximum Gasteiger partial charge on any atom is 0.202 e. The van der Waals surface area contributed by atoms with Crippen molar-refractivity contribution in [3.8, 4) is 0 Å². The maximum atomic E-state index is 2.22. The highest BCUT2D eigenvalue weighted by Crippen LogP contribution is 2.19. The maximum absolute atomic E-state index is 2.22. The van der Waals surface area contributed by atoms with Crippen LogP contribution in [0.15, 0.2) is 71.9 Å². The minimum absolute atomic E-state index is 1.22. The molecule has 1 aliphatic carbocycles. The van der Waals surface area contributed by atoms with Crippen molar-refractivity contribution >= 4 is 17.5 Å². The lowest BCUT2D eigenvalue weighted by molar-refractivity contribution is -0.463. The van der Waals surface area contributed by atoms with Gasteiger partial charge in [0.15, 0.2) is 0 Å². The van der Waals surface area contributed by atoms with E-state index in [1.54, 1.807) is 0 Å². The molecule has 0 heterocycles. The standard InChI is InChI=1S/C23H29N2/c1-18-16-20(12-14-22(18)24(3)4)10-8-7-9-11-21-13-15-23(25(5)6)19(2)17-21/h7-17H,1-6H3/q+1. The zero-order valence-corrected chi connectivity index (χ0v) is 16.2. The first kappa shape index (κ1) is 18.7. The summed E-state index contributed by atoms with van der Waals surface area (Å²) >= 11 is 0. The molecule has 25 heavy (non-hydrogen) atoms. The fraction of sp³-hybridized carbons (Fsp3) is 0.261. The summed E-state index contributed by atoms with van der Waals surface area (Å²) in [6.45, 7) is 4.30. The minimum Gasteiger partial charge on any atom is -0.377 e. The molecular formula is C23H29N2+. The summed E-state index contributed by atoms with van der Waals surface area (Å²) in [5.41, 5.74) is 7.55. The molecule has 0 unspecified atom stereocenters. The van der Waals surface area contributed by atoms with E-state index in [1.807, 2.05) is 0 Å². The van der Waals surface area contributed by atoms with E-state index in [1.165, 1.54) is 33.7 Å². The van der Waals surface area contributed by atoms with Crippen molar-refractivity contribution in [1.29, 1.82) is 0 Å². The quantitative estimate of drug-likeness (QED) is 0.567. The van der Waals surface area contributed by atoms with E-state index in [4.69, 9.17) is 0 Å². The van der Waals surface area contributed by atoms with Gasteiger partial charge in [0.1, 0.15) is 14.1 Å². The van der Waals surface area contributed by atoms with Crippen molar-refractivity contribution in [2.75, 3.05) is 33.1 Å². The van der Waals surface area contributed by atoms with E-state index in [0.29, 0.717) is 0 Å². The highest BCUT2D eigenvalue weighted by molar-refractivity contribution is 6.06. The number of hydrogen-bond acceptors (Lipinski definition) is 1. The number of anilines is 1. The SMILES string of the molecule is CC1=C\C(=C/C=C/C=C/c2ccc(N(C)C)c(C)c2)C=CC1=[N+](C)C. The van der Waals surface area contributed by atoms with E-state index in [0.717, 1.165) is 0 Å². The molecule has 0 radical (unpaired) electrons. The van der Waals surface area contributed by atoms with Crippen LogP contribution in [-0.2, 0) is 0 Å². The Kier molecular flexibility index (Phi) is 6.35. The number of rotatable bonds is 4. The summed E-state index contributed by atoms with van der Waals surface area (Å²) in [5.74, 6) is 0. The van der Waals surface area contributed by atoms with Gasteiger partial charge >= 0.3 is 0 Å². The van der Waals surface area contributed by atoms with Crippen LogP contribution in [0.2, 0.25) is 0 Å². The van der Waals surface area contributed by atoms with Gasteiger partial charge in [0.05, 0.1) is 0 Å². The monoisotopic (exact) mass is 333 g/mol. The van der Waals surface area contributed by atoms with Gasteiger partial charge < -0.3 is 4.90 Å². The molecule has 0 N–H and O–H groups in total. The van der Waals surface area contributed by atoms with Gasteiger partial charge in [0.2, 0.25) is 5.71 Å². The lowest BCUT2D eigenvalue weighted by Gasteiger charge is -2.15. The van der Waals surface area contributed by atoms with Crippen LogP contribution < -0.4 is 4.90 Å². The minimum atomic E-state index is 1.22. The molecule has 0 spiro atoms. The van der Waals surface area contributed by atoms with Crippen LogP contribution in [0.1, 0.15) is 18.1 Å². The first-order valence-corrected chi connectivity index (χ1v) is 8.62. The van der Waals surface area contributed by atoms with Gasteiger partial charge in [-0.3, -0.25) is 0 Å². The number of hydrogen-bond donors (Lipinski definition) is 0. The second kappa shape index (κ2) is 8.48. The van der Waals surface area contributed by atoms with E-state index >= 15 is 0 Å². The third kappa shape index (κ3) is 5.18. The Morgan fingerprint density at radius 1 is 0.960 bits per heavy atom. The van der Waals surface area contributed by atoms with Gasteiger partial charge in [0.25, 0.3) is 0 Å². The molecule has 0 amide bonds. The van der Waals surface area contributed by atoms with Crippen LogP contribution in [-0.4, -0.2) is 38.5 Å². The summed E-state index contributed by atoms with van der Waals surface area (Å²) in [6, 6.07) is 6.53. The van der Waals surface area contributed by atoms with Crippen LogP contribution >= 0.6 is 0 Å². The summed E-state index contributed by atoms with van der Waals surface area (Å²) in [4.78, 5) is 2.14. The average Bonchev–Trinajstić information content (AvgIpc) is 2.54. The molecule has 1 aliphatic rings. The molecule has 2 nitrogen and oxygen atoms in total. The van der Waals surface area contributed by atoms with Gasteiger partial charge in [-0.2, -0.15) is 0 Å². The average molecular weight is 333 g/mol. The van der Waals surface area contributed by atoms with Crippen molar-refractivity contribution in [3.05, 3.63) is 83.0 Å².